The van der Waals surface area contributed by atoms with E-state index in [0.717, 1.165) is 57.8 Å². The Bertz CT molecular complexity index is 1190. The van der Waals surface area contributed by atoms with Crippen molar-refractivity contribution in [3.63, 3.8) is 0 Å². The van der Waals surface area contributed by atoms with E-state index in [9.17, 15) is 19.8 Å². The molecule has 0 heterocycles. The van der Waals surface area contributed by atoms with E-state index >= 15 is 0 Å². The van der Waals surface area contributed by atoms with Gasteiger partial charge in [0, 0.05) is 12.8 Å². The number of rotatable bonds is 58. The Labute approximate surface area is 442 Å². The summed E-state index contributed by atoms with van der Waals surface area (Å²) in [5.41, 5.74) is 0. The third-order valence-corrected chi connectivity index (χ3v) is 14.4. The smallest absolute Gasteiger partial charge is 0.305 e. The third-order valence-electron chi connectivity index (χ3n) is 14.4. The molecule has 0 rings (SSSR count). The van der Waals surface area contributed by atoms with Crippen molar-refractivity contribution >= 4 is 11.9 Å². The van der Waals surface area contributed by atoms with E-state index in [2.05, 4.69) is 67.8 Å². The zero-order valence-corrected chi connectivity index (χ0v) is 47.5. The predicted molar refractivity (Wildman–Crippen MR) is 310 cm³/mol. The van der Waals surface area contributed by atoms with Gasteiger partial charge in [0.05, 0.1) is 25.4 Å². The molecular weight excluding hydrogens is 875 g/mol. The molecule has 0 aromatic rings. The summed E-state index contributed by atoms with van der Waals surface area (Å²) in [6.07, 6.45) is 77.1. The molecule has 0 aromatic carbocycles. The van der Waals surface area contributed by atoms with Gasteiger partial charge in [-0.15, -0.1) is 0 Å². The molecule has 0 saturated carbocycles. The summed E-state index contributed by atoms with van der Waals surface area (Å²) < 4.78 is 5.49. The fraction of sp³-hybridized carbons (Fsp3) is 0.846. The average molecular weight is 997 g/mol. The number of unbranched alkanes of at least 4 members (excludes halogenated alkanes) is 39. The summed E-state index contributed by atoms with van der Waals surface area (Å²) in [7, 11) is 0. The molecule has 0 aliphatic carbocycles. The van der Waals surface area contributed by atoms with Crippen LogP contribution in [0.3, 0.4) is 0 Å². The van der Waals surface area contributed by atoms with Gasteiger partial charge in [0.2, 0.25) is 5.91 Å². The lowest BCUT2D eigenvalue weighted by Crippen LogP contribution is -2.45. The first-order valence-electron chi connectivity index (χ1n) is 31.4. The minimum Gasteiger partial charge on any atom is -0.466 e. The molecule has 0 aromatic heterocycles. The normalized spacial score (nSPS) is 12.9. The van der Waals surface area contributed by atoms with Crippen molar-refractivity contribution in [2.45, 2.75) is 341 Å². The van der Waals surface area contributed by atoms with Crippen LogP contribution >= 0.6 is 0 Å². The van der Waals surface area contributed by atoms with Crippen molar-refractivity contribution in [1.29, 1.82) is 0 Å². The number of allylic oxidation sites excluding steroid dienone is 8. The molecule has 3 N–H and O–H groups in total. The number of carbonyl (C=O) groups is 2. The third kappa shape index (κ3) is 57.0. The van der Waals surface area contributed by atoms with E-state index in [1.54, 1.807) is 0 Å². The van der Waals surface area contributed by atoms with Crippen molar-refractivity contribution in [2.75, 3.05) is 13.2 Å². The SMILES string of the molecule is CCCCCC/C=C\C/C=C\CCCCCCCCCC(=O)OCCCCCCCCCCC/C=C\C/C=C\CCCCCCCCCCCCCC(=O)NC(CO)C(O)CCCCCCCCCCC. The zero-order valence-electron chi connectivity index (χ0n) is 47.5. The molecule has 0 bridgehead atoms. The number of hydrogen-bond acceptors (Lipinski definition) is 5. The second-order valence-electron chi connectivity index (χ2n) is 21.4. The standard InChI is InChI=1S/C65H121NO5/c1-3-5-7-9-11-13-14-15-16-17-30-33-36-39-43-47-51-55-59-65(70)71-60-56-52-48-44-40-37-34-31-28-26-24-22-20-18-19-21-23-25-27-29-32-35-38-42-46-50-54-58-64(69)66-62(61-67)63(68)57-53-49-45-41-12-10-8-6-4-2/h13-14,16-19,22,24,62-63,67-68H,3-12,15,20-21,23,25-61H2,1-2H3,(H,66,69)/b14-13-,17-16-,19-18-,24-22-. The van der Waals surface area contributed by atoms with Crippen LogP contribution in [0.4, 0.5) is 0 Å². The van der Waals surface area contributed by atoms with Crippen LogP contribution in [-0.2, 0) is 14.3 Å². The fourth-order valence-corrected chi connectivity index (χ4v) is 9.52. The Kier molecular flexibility index (Phi) is 58.5. The van der Waals surface area contributed by atoms with E-state index in [-0.39, 0.29) is 18.5 Å². The van der Waals surface area contributed by atoms with Gasteiger partial charge in [-0.3, -0.25) is 9.59 Å². The highest BCUT2D eigenvalue weighted by Gasteiger charge is 2.20. The number of hydrogen-bond donors (Lipinski definition) is 3. The van der Waals surface area contributed by atoms with Crippen LogP contribution in [0, 0.1) is 0 Å². The lowest BCUT2D eigenvalue weighted by atomic mass is 10.0. The van der Waals surface area contributed by atoms with E-state index in [1.807, 2.05) is 0 Å². The first-order valence-corrected chi connectivity index (χ1v) is 31.4. The molecule has 2 unspecified atom stereocenters. The lowest BCUT2D eigenvalue weighted by Gasteiger charge is -2.22. The van der Waals surface area contributed by atoms with Crippen molar-refractivity contribution in [1.82, 2.24) is 5.32 Å². The molecule has 416 valence electrons. The Balaban J connectivity index is 3.39. The van der Waals surface area contributed by atoms with E-state index < -0.39 is 12.1 Å². The topological polar surface area (TPSA) is 95.9 Å². The highest BCUT2D eigenvalue weighted by molar-refractivity contribution is 5.76. The molecule has 2 atom stereocenters. The molecule has 0 aliphatic heterocycles. The zero-order chi connectivity index (χ0) is 51.4. The molecule has 0 radical (unpaired) electrons. The minimum atomic E-state index is -0.665. The van der Waals surface area contributed by atoms with E-state index in [0.29, 0.717) is 25.9 Å². The Morgan fingerprint density at radius 1 is 0.394 bits per heavy atom. The van der Waals surface area contributed by atoms with Crippen LogP contribution in [0.1, 0.15) is 328 Å². The summed E-state index contributed by atoms with van der Waals surface area (Å²) in [4.78, 5) is 24.5. The van der Waals surface area contributed by atoms with Gasteiger partial charge in [-0.05, 0) is 89.9 Å². The number of amides is 1. The number of carbonyl (C=O) groups excluding carboxylic acids is 2. The lowest BCUT2D eigenvalue weighted by molar-refractivity contribution is -0.143. The van der Waals surface area contributed by atoms with Crippen molar-refractivity contribution in [3.05, 3.63) is 48.6 Å². The van der Waals surface area contributed by atoms with Gasteiger partial charge in [0.25, 0.3) is 0 Å². The fourth-order valence-electron chi connectivity index (χ4n) is 9.52. The molecule has 71 heavy (non-hydrogen) atoms. The molecule has 6 nitrogen and oxygen atoms in total. The van der Waals surface area contributed by atoms with E-state index in [1.165, 1.54) is 238 Å². The number of aliphatic hydroxyl groups excluding tert-OH is 2. The van der Waals surface area contributed by atoms with Gasteiger partial charge >= 0.3 is 5.97 Å². The van der Waals surface area contributed by atoms with Crippen molar-refractivity contribution in [2.24, 2.45) is 0 Å². The summed E-state index contributed by atoms with van der Waals surface area (Å²) >= 11 is 0. The summed E-state index contributed by atoms with van der Waals surface area (Å²) in [6.45, 7) is 4.91. The van der Waals surface area contributed by atoms with Gasteiger partial charge < -0.3 is 20.3 Å². The first kappa shape index (κ1) is 68.8. The molecule has 0 fully saturated rings. The molecule has 0 aliphatic rings. The van der Waals surface area contributed by atoms with Gasteiger partial charge in [0.1, 0.15) is 0 Å². The van der Waals surface area contributed by atoms with Crippen LogP contribution in [0.5, 0.6) is 0 Å². The second-order valence-corrected chi connectivity index (χ2v) is 21.4. The predicted octanol–water partition coefficient (Wildman–Crippen LogP) is 19.7. The number of nitrogens with one attached hydrogen (secondary N) is 1. The van der Waals surface area contributed by atoms with Crippen molar-refractivity contribution in [3.8, 4) is 0 Å². The highest BCUT2D eigenvalue weighted by Crippen LogP contribution is 2.17. The Hall–Kier alpha value is -2.18. The molecular formula is C65H121NO5. The Morgan fingerprint density at radius 2 is 0.704 bits per heavy atom. The quantitative estimate of drug-likeness (QED) is 0.0321. The van der Waals surface area contributed by atoms with Crippen LogP contribution in [0.25, 0.3) is 0 Å². The van der Waals surface area contributed by atoms with Gasteiger partial charge in [-0.1, -0.05) is 274 Å². The first-order chi connectivity index (χ1) is 35.0. The summed E-state index contributed by atoms with van der Waals surface area (Å²) in [6, 6.07) is -0.542. The Morgan fingerprint density at radius 3 is 1.08 bits per heavy atom. The maximum atomic E-state index is 12.4. The number of esters is 1. The second kappa shape index (κ2) is 60.4. The van der Waals surface area contributed by atoms with E-state index in [4.69, 9.17) is 4.74 Å². The number of aliphatic hydroxyl groups is 2. The summed E-state index contributed by atoms with van der Waals surface area (Å²) in [5.74, 6) is -0.0377. The average Bonchev–Trinajstić information content (AvgIpc) is 3.37. The molecule has 1 amide bonds. The monoisotopic (exact) mass is 996 g/mol. The van der Waals surface area contributed by atoms with Gasteiger partial charge in [0.15, 0.2) is 0 Å². The molecule has 6 heteroatoms. The van der Waals surface area contributed by atoms with Crippen LogP contribution in [0.15, 0.2) is 48.6 Å². The molecule has 0 spiro atoms. The maximum absolute atomic E-state index is 12.4. The van der Waals surface area contributed by atoms with Crippen LogP contribution < -0.4 is 5.32 Å². The summed E-state index contributed by atoms with van der Waals surface area (Å²) in [5, 5.41) is 23.1. The van der Waals surface area contributed by atoms with Gasteiger partial charge in [-0.2, -0.15) is 0 Å². The minimum absolute atomic E-state index is 0.00293. The number of ether oxygens (including phenoxy) is 1. The van der Waals surface area contributed by atoms with Gasteiger partial charge in [-0.25, -0.2) is 0 Å². The van der Waals surface area contributed by atoms with Crippen LogP contribution in [0.2, 0.25) is 0 Å². The largest absolute Gasteiger partial charge is 0.466 e. The highest BCUT2D eigenvalue weighted by atomic mass is 16.5. The van der Waals surface area contributed by atoms with Crippen LogP contribution in [-0.4, -0.2) is 47.4 Å². The van der Waals surface area contributed by atoms with Crippen molar-refractivity contribution < 1.29 is 24.5 Å². The maximum Gasteiger partial charge on any atom is 0.305 e. The molecule has 0 saturated heterocycles.